The second kappa shape index (κ2) is 4.63. The number of benzene rings is 1. The average molecular weight is 234 g/mol. The quantitative estimate of drug-likeness (QED) is 0.863. The highest BCUT2D eigenvalue weighted by molar-refractivity contribution is 5.84. The van der Waals surface area contributed by atoms with E-state index in [0.717, 1.165) is 29.9 Å². The van der Waals surface area contributed by atoms with E-state index in [1.54, 1.807) is 7.11 Å². The first-order valence-electron chi connectivity index (χ1n) is 5.57. The lowest BCUT2D eigenvalue weighted by atomic mass is 10.3. The predicted octanol–water partition coefficient (Wildman–Crippen LogP) is 1.19. The standard InChI is InChI=1S/C12H18N4O/c1-15(2)7-8-16-9-5-4-6-10(17-3)11(9)14-12(16)13/h4-6H,7-8H2,1-3H3,(H2,13,14). The number of methoxy groups -OCH3 is 1. The van der Waals surface area contributed by atoms with Gasteiger partial charge in [-0.25, -0.2) is 4.98 Å². The zero-order valence-electron chi connectivity index (χ0n) is 10.5. The Labute approximate surface area is 101 Å². The summed E-state index contributed by atoms with van der Waals surface area (Å²) < 4.78 is 7.29. The molecule has 0 atom stereocenters. The average Bonchev–Trinajstić information content (AvgIpc) is 2.62. The van der Waals surface area contributed by atoms with Gasteiger partial charge in [-0.1, -0.05) is 6.07 Å². The molecule has 0 aliphatic carbocycles. The fraction of sp³-hybridized carbons (Fsp3) is 0.417. The molecule has 1 heterocycles. The Morgan fingerprint density at radius 1 is 1.41 bits per heavy atom. The predicted molar refractivity (Wildman–Crippen MR) is 69.3 cm³/mol. The third-order valence-electron chi connectivity index (χ3n) is 2.76. The molecule has 5 nitrogen and oxygen atoms in total. The number of ether oxygens (including phenoxy) is 1. The molecule has 0 radical (unpaired) electrons. The van der Waals surface area contributed by atoms with Crippen LogP contribution in [-0.2, 0) is 6.54 Å². The fourth-order valence-electron chi connectivity index (χ4n) is 1.84. The molecular weight excluding hydrogens is 216 g/mol. The van der Waals surface area contributed by atoms with Crippen LogP contribution in [0.5, 0.6) is 5.75 Å². The molecule has 0 unspecified atom stereocenters. The molecule has 0 spiro atoms. The lowest BCUT2D eigenvalue weighted by molar-refractivity contribution is 0.387. The van der Waals surface area contributed by atoms with E-state index in [-0.39, 0.29) is 0 Å². The van der Waals surface area contributed by atoms with Crippen molar-refractivity contribution in [3.05, 3.63) is 18.2 Å². The van der Waals surface area contributed by atoms with Crippen LogP contribution in [0.3, 0.4) is 0 Å². The lowest BCUT2D eigenvalue weighted by Gasteiger charge is -2.11. The Kier molecular flexibility index (Phi) is 3.19. The van der Waals surface area contributed by atoms with Gasteiger partial charge in [0.15, 0.2) is 0 Å². The molecule has 1 aromatic heterocycles. The van der Waals surface area contributed by atoms with Crippen molar-refractivity contribution in [3.8, 4) is 5.75 Å². The number of likely N-dealkylation sites (N-methyl/N-ethyl adjacent to an activating group) is 1. The number of nitrogens with two attached hydrogens (primary N) is 1. The number of hydrogen-bond donors (Lipinski definition) is 1. The van der Waals surface area contributed by atoms with E-state index in [0.29, 0.717) is 5.95 Å². The number of fused-ring (bicyclic) bond motifs is 1. The van der Waals surface area contributed by atoms with Gasteiger partial charge in [0.25, 0.3) is 0 Å². The molecule has 0 bridgehead atoms. The van der Waals surface area contributed by atoms with E-state index in [1.165, 1.54) is 0 Å². The molecule has 0 saturated heterocycles. The minimum atomic E-state index is 0.534. The molecule has 1 aromatic carbocycles. The second-order valence-electron chi connectivity index (χ2n) is 4.25. The van der Waals surface area contributed by atoms with E-state index in [1.807, 2.05) is 36.9 Å². The third kappa shape index (κ3) is 2.19. The summed E-state index contributed by atoms with van der Waals surface area (Å²) in [4.78, 5) is 6.48. The first-order chi connectivity index (χ1) is 8.13. The van der Waals surface area contributed by atoms with Crippen molar-refractivity contribution in [2.24, 2.45) is 0 Å². The van der Waals surface area contributed by atoms with Gasteiger partial charge < -0.3 is 19.9 Å². The van der Waals surface area contributed by atoms with E-state index in [2.05, 4.69) is 9.88 Å². The van der Waals surface area contributed by atoms with Gasteiger partial charge in [0.1, 0.15) is 11.3 Å². The Morgan fingerprint density at radius 2 is 2.18 bits per heavy atom. The van der Waals surface area contributed by atoms with E-state index < -0.39 is 0 Å². The van der Waals surface area contributed by atoms with Crippen LogP contribution in [0.4, 0.5) is 5.95 Å². The van der Waals surface area contributed by atoms with Crippen LogP contribution in [0.1, 0.15) is 0 Å². The van der Waals surface area contributed by atoms with Crippen LogP contribution in [0.2, 0.25) is 0 Å². The molecule has 92 valence electrons. The maximum Gasteiger partial charge on any atom is 0.201 e. The van der Waals surface area contributed by atoms with Crippen LogP contribution in [0, 0.1) is 0 Å². The fourth-order valence-corrected chi connectivity index (χ4v) is 1.84. The van der Waals surface area contributed by atoms with Crippen molar-refractivity contribution < 1.29 is 4.74 Å². The summed E-state index contributed by atoms with van der Waals surface area (Å²) in [5.41, 5.74) is 7.78. The molecule has 0 saturated carbocycles. The van der Waals surface area contributed by atoms with Crippen molar-refractivity contribution in [1.82, 2.24) is 14.5 Å². The van der Waals surface area contributed by atoms with E-state index >= 15 is 0 Å². The maximum absolute atomic E-state index is 5.94. The topological polar surface area (TPSA) is 56.3 Å². The van der Waals surface area contributed by atoms with Crippen LogP contribution >= 0.6 is 0 Å². The number of anilines is 1. The summed E-state index contributed by atoms with van der Waals surface area (Å²) in [7, 11) is 5.72. The zero-order chi connectivity index (χ0) is 12.4. The first-order valence-corrected chi connectivity index (χ1v) is 5.57. The molecule has 17 heavy (non-hydrogen) atoms. The van der Waals surface area contributed by atoms with Gasteiger partial charge in [0, 0.05) is 13.1 Å². The molecule has 0 amide bonds. The maximum atomic E-state index is 5.94. The SMILES string of the molecule is COc1cccc2c1nc(N)n2CCN(C)C. The molecule has 2 N–H and O–H groups in total. The van der Waals surface area contributed by atoms with E-state index in [9.17, 15) is 0 Å². The monoisotopic (exact) mass is 234 g/mol. The highest BCUT2D eigenvalue weighted by Gasteiger charge is 2.11. The molecule has 5 heteroatoms. The molecule has 0 aliphatic rings. The Morgan fingerprint density at radius 3 is 2.82 bits per heavy atom. The van der Waals surface area contributed by atoms with Gasteiger partial charge in [0.05, 0.1) is 12.6 Å². The first kappa shape index (κ1) is 11.7. The highest BCUT2D eigenvalue weighted by Crippen LogP contribution is 2.26. The zero-order valence-corrected chi connectivity index (χ0v) is 10.5. The van der Waals surface area contributed by atoms with Gasteiger partial charge in [-0.15, -0.1) is 0 Å². The Balaban J connectivity index is 2.45. The van der Waals surface area contributed by atoms with Crippen molar-refractivity contribution in [2.75, 3.05) is 33.5 Å². The van der Waals surface area contributed by atoms with Crippen LogP contribution in [0.15, 0.2) is 18.2 Å². The van der Waals surface area contributed by atoms with Crippen molar-refractivity contribution in [1.29, 1.82) is 0 Å². The molecule has 2 rings (SSSR count). The van der Waals surface area contributed by atoms with Gasteiger partial charge >= 0.3 is 0 Å². The van der Waals surface area contributed by atoms with Crippen molar-refractivity contribution in [3.63, 3.8) is 0 Å². The number of rotatable bonds is 4. The number of imidazole rings is 1. The molecule has 0 fully saturated rings. The van der Waals surface area contributed by atoms with Gasteiger partial charge in [-0.2, -0.15) is 0 Å². The third-order valence-corrected chi connectivity index (χ3v) is 2.76. The highest BCUT2D eigenvalue weighted by atomic mass is 16.5. The van der Waals surface area contributed by atoms with Gasteiger partial charge in [-0.05, 0) is 26.2 Å². The van der Waals surface area contributed by atoms with Crippen molar-refractivity contribution in [2.45, 2.75) is 6.54 Å². The minimum Gasteiger partial charge on any atom is -0.494 e. The van der Waals surface area contributed by atoms with Crippen LogP contribution < -0.4 is 10.5 Å². The minimum absolute atomic E-state index is 0.534. The summed E-state index contributed by atoms with van der Waals surface area (Å²) in [6, 6.07) is 5.86. The summed E-state index contributed by atoms with van der Waals surface area (Å²) in [5, 5.41) is 0. The largest absolute Gasteiger partial charge is 0.494 e. The molecular formula is C12H18N4O. The summed E-state index contributed by atoms with van der Waals surface area (Å²) in [6.07, 6.45) is 0. The lowest BCUT2D eigenvalue weighted by Crippen LogP contribution is -2.19. The second-order valence-corrected chi connectivity index (χ2v) is 4.25. The molecule has 0 aliphatic heterocycles. The van der Waals surface area contributed by atoms with Gasteiger partial charge in [0.2, 0.25) is 5.95 Å². The molecule has 2 aromatic rings. The van der Waals surface area contributed by atoms with Crippen LogP contribution in [-0.4, -0.2) is 42.2 Å². The summed E-state index contributed by atoms with van der Waals surface area (Å²) >= 11 is 0. The number of nitrogen functional groups attached to an aromatic ring is 1. The summed E-state index contributed by atoms with van der Waals surface area (Å²) in [5.74, 6) is 1.30. The van der Waals surface area contributed by atoms with E-state index in [4.69, 9.17) is 10.5 Å². The number of nitrogens with zero attached hydrogens (tertiary/aromatic N) is 3. The number of aromatic nitrogens is 2. The van der Waals surface area contributed by atoms with Crippen LogP contribution in [0.25, 0.3) is 11.0 Å². The van der Waals surface area contributed by atoms with Crippen molar-refractivity contribution >= 4 is 17.0 Å². The summed E-state index contributed by atoms with van der Waals surface area (Å²) in [6.45, 7) is 1.75. The van der Waals surface area contributed by atoms with Gasteiger partial charge in [-0.3, -0.25) is 0 Å². The smallest absolute Gasteiger partial charge is 0.201 e. The Hall–Kier alpha value is -1.75. The Bertz CT molecular complexity index is 518. The number of hydrogen-bond acceptors (Lipinski definition) is 4. The normalized spacial score (nSPS) is 11.3. The number of para-hydroxylation sites is 1.